The van der Waals surface area contributed by atoms with E-state index in [0.717, 1.165) is 40.0 Å². The Morgan fingerprint density at radius 2 is 1.77 bits per heavy atom. The molecule has 13 nitrogen and oxygen atoms in total. The molecule has 5 aromatic rings. The Morgan fingerprint density at radius 3 is 2.34 bits per heavy atom. The number of alkyl halides is 3. The lowest BCUT2D eigenvalue weighted by Gasteiger charge is -2.35. The molecule has 0 aromatic carbocycles. The van der Waals surface area contributed by atoms with Crippen LogP contribution in [0.1, 0.15) is 40.7 Å². The average molecular weight is 650 g/mol. The zero-order chi connectivity index (χ0) is 33.9. The van der Waals surface area contributed by atoms with Gasteiger partial charge >= 0.3 is 12.1 Å². The molecule has 244 valence electrons. The van der Waals surface area contributed by atoms with Crippen LogP contribution >= 0.6 is 0 Å². The third kappa shape index (κ3) is 6.93. The van der Waals surface area contributed by atoms with Crippen LogP contribution in [0.4, 0.5) is 19.0 Å². The first-order chi connectivity index (χ1) is 22.4. The number of fused-ring (bicyclic) bond motifs is 1. The maximum Gasteiger partial charge on any atom is 0.490 e. The Labute approximate surface area is 266 Å². The molecule has 1 fully saturated rings. The number of aromatic nitrogens is 6. The number of anilines is 1. The highest BCUT2D eigenvalue weighted by molar-refractivity contribution is 5.96. The number of aryl methyl sites for hydroxylation is 3. The number of carbonyl (C=O) groups is 2. The predicted molar refractivity (Wildman–Crippen MR) is 162 cm³/mol. The van der Waals surface area contributed by atoms with E-state index in [1.807, 2.05) is 49.6 Å². The smallest absolute Gasteiger partial charge is 0.475 e. The number of piperazine rings is 1. The molecule has 0 radical (unpaired) electrons. The van der Waals surface area contributed by atoms with Crippen molar-refractivity contribution in [1.82, 2.24) is 34.4 Å². The summed E-state index contributed by atoms with van der Waals surface area (Å²) in [4.78, 5) is 31.0. The first-order valence-electron chi connectivity index (χ1n) is 14.6. The van der Waals surface area contributed by atoms with Gasteiger partial charge in [0.05, 0.1) is 29.2 Å². The summed E-state index contributed by atoms with van der Waals surface area (Å²) in [7, 11) is 1.88. The van der Waals surface area contributed by atoms with Gasteiger partial charge in [0.25, 0.3) is 5.91 Å². The molecular formula is C31H30F3N9O4. The maximum absolute atomic E-state index is 13.2. The molecule has 1 N–H and O–H groups in total. The van der Waals surface area contributed by atoms with E-state index in [2.05, 4.69) is 39.3 Å². The molecule has 0 bridgehead atoms. The summed E-state index contributed by atoms with van der Waals surface area (Å²) in [6, 6.07) is 8.32. The molecule has 6 rings (SSSR count). The number of nitriles is 1. The number of amides is 1. The molecule has 6 heterocycles. The second kappa shape index (κ2) is 13.3. The van der Waals surface area contributed by atoms with Gasteiger partial charge in [-0.1, -0.05) is 12.1 Å². The van der Waals surface area contributed by atoms with Crippen molar-refractivity contribution in [3.63, 3.8) is 0 Å². The SMILES string of the molecule is CCCc1onc(C)c1C(=O)N1CCN(c2ccc(-c3cc(-c4cnn(C)c4)cn4ncc(C#N)c34)cn2)CC1.O=C(O)C(F)(F)F. The number of nitrogens with zero attached hydrogens (tertiary/aromatic N) is 9. The topological polar surface area (TPSA) is 159 Å². The van der Waals surface area contributed by atoms with Crippen molar-refractivity contribution in [2.24, 2.45) is 7.05 Å². The van der Waals surface area contributed by atoms with Crippen LogP contribution in [0.5, 0.6) is 0 Å². The molecule has 1 saturated heterocycles. The van der Waals surface area contributed by atoms with E-state index in [4.69, 9.17) is 19.4 Å². The van der Waals surface area contributed by atoms with E-state index in [1.54, 1.807) is 21.6 Å². The summed E-state index contributed by atoms with van der Waals surface area (Å²) in [6.07, 6.45) is 5.58. The molecular weight excluding hydrogens is 619 g/mol. The average Bonchev–Trinajstić information content (AvgIpc) is 3.78. The Bertz CT molecular complexity index is 1950. The fraction of sp³-hybridized carbons (Fsp3) is 0.323. The molecule has 1 aliphatic rings. The molecule has 0 aliphatic carbocycles. The number of aliphatic carboxylic acids is 1. The van der Waals surface area contributed by atoms with Crippen LogP contribution in [0, 0.1) is 18.3 Å². The summed E-state index contributed by atoms with van der Waals surface area (Å²) < 4.78 is 40.6. The van der Waals surface area contributed by atoms with Gasteiger partial charge in [0.15, 0.2) is 0 Å². The van der Waals surface area contributed by atoms with Crippen LogP contribution in [-0.4, -0.2) is 83.8 Å². The normalized spacial score (nSPS) is 13.3. The van der Waals surface area contributed by atoms with E-state index >= 15 is 0 Å². The number of halogens is 3. The minimum atomic E-state index is -5.08. The minimum absolute atomic E-state index is 0.0169. The van der Waals surface area contributed by atoms with Crippen LogP contribution in [0.25, 0.3) is 27.8 Å². The highest BCUT2D eigenvalue weighted by Gasteiger charge is 2.38. The standard InChI is InChI=1S/C29H29N9O2.C2HF3O2/c1-4-5-25-27(19(2)34-40-25)29(39)37-10-8-36(9-11-37)26-7-6-20(14-31-26)24-12-21(23-16-32-35(3)17-23)18-38-28(24)22(13-30)15-33-38;3-2(4,5)1(6)7/h6-7,12,14-18H,4-5,8-11H2,1-3H3;(H,6,7). The zero-order valence-corrected chi connectivity index (χ0v) is 25.7. The van der Waals surface area contributed by atoms with Crippen LogP contribution in [0.3, 0.4) is 0 Å². The largest absolute Gasteiger partial charge is 0.490 e. The predicted octanol–water partition coefficient (Wildman–Crippen LogP) is 4.51. The lowest BCUT2D eigenvalue weighted by Crippen LogP contribution is -2.49. The summed E-state index contributed by atoms with van der Waals surface area (Å²) in [6.45, 7) is 6.41. The van der Waals surface area contributed by atoms with E-state index < -0.39 is 12.1 Å². The quantitative estimate of drug-likeness (QED) is 0.277. The van der Waals surface area contributed by atoms with Crippen molar-refractivity contribution in [2.45, 2.75) is 32.9 Å². The van der Waals surface area contributed by atoms with Crippen molar-refractivity contribution < 1.29 is 32.4 Å². The summed E-state index contributed by atoms with van der Waals surface area (Å²) in [5.74, 6) is -1.26. The van der Waals surface area contributed by atoms with Crippen LogP contribution in [0.15, 0.2) is 53.7 Å². The van der Waals surface area contributed by atoms with Gasteiger partial charge in [-0.3, -0.25) is 9.48 Å². The molecule has 16 heteroatoms. The monoisotopic (exact) mass is 649 g/mol. The van der Waals surface area contributed by atoms with Gasteiger partial charge in [0.1, 0.15) is 23.2 Å². The first-order valence-corrected chi connectivity index (χ1v) is 14.6. The Kier molecular flexibility index (Phi) is 9.27. The number of hydrogen-bond donors (Lipinski definition) is 1. The number of hydrogen-bond acceptors (Lipinski definition) is 9. The Hall–Kier alpha value is -5.72. The van der Waals surface area contributed by atoms with Crippen molar-refractivity contribution >= 4 is 23.2 Å². The number of carboxylic acid groups (broad SMARTS) is 1. The highest BCUT2D eigenvalue weighted by Crippen LogP contribution is 2.32. The van der Waals surface area contributed by atoms with Gasteiger partial charge < -0.3 is 19.4 Å². The second-order valence-electron chi connectivity index (χ2n) is 10.8. The highest BCUT2D eigenvalue weighted by atomic mass is 19.4. The van der Waals surface area contributed by atoms with Gasteiger partial charge in [-0.15, -0.1) is 0 Å². The molecule has 1 amide bonds. The van der Waals surface area contributed by atoms with E-state index in [-0.39, 0.29) is 5.91 Å². The minimum Gasteiger partial charge on any atom is -0.475 e. The fourth-order valence-corrected chi connectivity index (χ4v) is 5.27. The van der Waals surface area contributed by atoms with Crippen LogP contribution in [-0.2, 0) is 18.3 Å². The number of carboxylic acids is 1. The van der Waals surface area contributed by atoms with Gasteiger partial charge in [0, 0.05) is 80.5 Å². The molecule has 0 spiro atoms. The van der Waals surface area contributed by atoms with E-state index in [0.29, 0.717) is 55.2 Å². The zero-order valence-electron chi connectivity index (χ0n) is 25.7. The Morgan fingerprint density at radius 1 is 1.04 bits per heavy atom. The molecule has 47 heavy (non-hydrogen) atoms. The van der Waals surface area contributed by atoms with Crippen molar-refractivity contribution in [3.05, 3.63) is 71.8 Å². The Balaban J connectivity index is 0.000000559. The van der Waals surface area contributed by atoms with E-state index in [9.17, 15) is 23.2 Å². The third-order valence-electron chi connectivity index (χ3n) is 7.59. The molecule has 0 saturated carbocycles. The second-order valence-corrected chi connectivity index (χ2v) is 10.8. The van der Waals surface area contributed by atoms with Crippen molar-refractivity contribution in [2.75, 3.05) is 31.1 Å². The van der Waals surface area contributed by atoms with Gasteiger partial charge in [-0.05, 0) is 31.5 Å². The van der Waals surface area contributed by atoms with Gasteiger partial charge in [0.2, 0.25) is 0 Å². The number of carbonyl (C=O) groups excluding carboxylic acids is 1. The summed E-state index contributed by atoms with van der Waals surface area (Å²) >= 11 is 0. The lowest BCUT2D eigenvalue weighted by molar-refractivity contribution is -0.192. The molecule has 1 aliphatic heterocycles. The first kappa shape index (κ1) is 32.7. The summed E-state index contributed by atoms with van der Waals surface area (Å²) in [5.41, 5.74) is 6.15. The van der Waals surface area contributed by atoms with Crippen LogP contribution < -0.4 is 4.90 Å². The third-order valence-corrected chi connectivity index (χ3v) is 7.59. The lowest BCUT2D eigenvalue weighted by atomic mass is 10.0. The summed E-state index contributed by atoms with van der Waals surface area (Å²) in [5, 5.41) is 29.6. The molecule has 0 atom stereocenters. The van der Waals surface area contributed by atoms with Gasteiger partial charge in [-0.25, -0.2) is 14.3 Å². The van der Waals surface area contributed by atoms with Gasteiger partial charge in [-0.2, -0.15) is 28.6 Å². The molecule has 0 unspecified atom stereocenters. The van der Waals surface area contributed by atoms with Crippen molar-refractivity contribution in [1.29, 1.82) is 5.26 Å². The molecule has 5 aromatic heterocycles. The van der Waals surface area contributed by atoms with Crippen molar-refractivity contribution in [3.8, 4) is 28.3 Å². The van der Waals surface area contributed by atoms with E-state index in [1.165, 1.54) is 0 Å². The number of pyridine rings is 2. The van der Waals surface area contributed by atoms with Crippen LogP contribution in [0.2, 0.25) is 0 Å². The maximum atomic E-state index is 13.2. The fourth-order valence-electron chi connectivity index (χ4n) is 5.27. The number of rotatable bonds is 6.